The highest BCUT2D eigenvalue weighted by atomic mass is 32.2. The van der Waals surface area contributed by atoms with E-state index in [0.29, 0.717) is 24.6 Å². The van der Waals surface area contributed by atoms with Crippen molar-refractivity contribution in [3.8, 4) is 0 Å². The third-order valence-electron chi connectivity index (χ3n) is 6.62. The van der Waals surface area contributed by atoms with Gasteiger partial charge in [-0.05, 0) is 74.5 Å². The number of thioether (sulfide) groups is 1. The number of hydrogen-bond acceptors (Lipinski definition) is 4. The van der Waals surface area contributed by atoms with Crippen LogP contribution in [0.25, 0.3) is 0 Å². The molecule has 2 aromatic carbocycles. The number of rotatable bonds is 6. The van der Waals surface area contributed by atoms with Crippen molar-refractivity contribution in [1.82, 2.24) is 9.21 Å². The fraction of sp³-hybridized carbons (Fsp3) is 0.480. The normalized spacial score (nSPS) is 18.6. The lowest BCUT2D eigenvalue weighted by molar-refractivity contribution is 0.0720. The number of sulfonamides is 1. The summed E-state index contributed by atoms with van der Waals surface area (Å²) in [6.07, 6.45) is 7.80. The van der Waals surface area contributed by atoms with E-state index in [9.17, 15) is 13.2 Å². The molecule has 0 spiro atoms. The first-order valence-corrected chi connectivity index (χ1v) is 14.2. The first-order valence-electron chi connectivity index (χ1n) is 11.5. The predicted octanol–water partition coefficient (Wildman–Crippen LogP) is 4.68. The number of nitrogens with zero attached hydrogens (tertiary/aromatic N) is 2. The lowest BCUT2D eigenvalue weighted by Gasteiger charge is -2.31. The van der Waals surface area contributed by atoms with Crippen molar-refractivity contribution in [3.05, 3.63) is 59.7 Å². The SMILES string of the molecule is CSc1ccc(S(=O)(=O)N2CCC(Cc3ccccc3)CC2)cc1C(=O)N1CCCCC1. The Morgan fingerprint density at radius 1 is 0.969 bits per heavy atom. The Hall–Kier alpha value is -1.83. The lowest BCUT2D eigenvalue weighted by atomic mass is 9.91. The van der Waals surface area contributed by atoms with Crippen molar-refractivity contribution in [2.75, 3.05) is 32.4 Å². The largest absolute Gasteiger partial charge is 0.339 e. The van der Waals surface area contributed by atoms with Crippen LogP contribution in [0.15, 0.2) is 58.3 Å². The van der Waals surface area contributed by atoms with Crippen molar-refractivity contribution in [2.45, 2.75) is 48.3 Å². The molecule has 4 rings (SSSR count). The average Bonchev–Trinajstić information content (AvgIpc) is 2.84. The maximum Gasteiger partial charge on any atom is 0.255 e. The Balaban J connectivity index is 1.48. The second-order valence-corrected chi connectivity index (χ2v) is 11.5. The molecule has 0 aromatic heterocycles. The van der Waals surface area contributed by atoms with E-state index in [-0.39, 0.29) is 10.8 Å². The number of amides is 1. The number of piperidine rings is 2. The van der Waals surface area contributed by atoms with Crippen LogP contribution in [0, 0.1) is 5.92 Å². The maximum atomic E-state index is 13.4. The first-order chi connectivity index (χ1) is 15.5. The molecule has 0 aliphatic carbocycles. The monoisotopic (exact) mass is 472 g/mol. The van der Waals surface area contributed by atoms with E-state index in [2.05, 4.69) is 24.3 Å². The topological polar surface area (TPSA) is 57.7 Å². The van der Waals surface area contributed by atoms with Gasteiger partial charge in [-0.3, -0.25) is 4.79 Å². The van der Waals surface area contributed by atoms with E-state index in [1.807, 2.05) is 17.2 Å². The minimum atomic E-state index is -3.62. The second kappa shape index (κ2) is 10.4. The molecule has 172 valence electrons. The first kappa shape index (κ1) is 23.3. The number of carbonyl (C=O) groups excluding carboxylic acids is 1. The number of hydrogen-bond donors (Lipinski definition) is 0. The molecular formula is C25H32N2O3S2. The molecule has 1 amide bonds. The van der Waals surface area contributed by atoms with Crippen molar-refractivity contribution in [1.29, 1.82) is 0 Å². The summed E-state index contributed by atoms with van der Waals surface area (Å²) in [6, 6.07) is 15.4. The van der Waals surface area contributed by atoms with Gasteiger partial charge in [0.1, 0.15) is 0 Å². The molecule has 5 nitrogen and oxygen atoms in total. The molecule has 0 bridgehead atoms. The van der Waals surface area contributed by atoms with Crippen LogP contribution in [0.3, 0.4) is 0 Å². The van der Waals surface area contributed by atoms with Gasteiger partial charge in [0, 0.05) is 31.1 Å². The molecule has 0 unspecified atom stereocenters. The molecule has 0 saturated carbocycles. The van der Waals surface area contributed by atoms with Gasteiger partial charge in [0.05, 0.1) is 10.5 Å². The van der Waals surface area contributed by atoms with Crippen LogP contribution < -0.4 is 0 Å². The van der Waals surface area contributed by atoms with E-state index in [0.717, 1.165) is 56.5 Å². The van der Waals surface area contributed by atoms with Crippen molar-refractivity contribution < 1.29 is 13.2 Å². The Bertz CT molecular complexity index is 1030. The van der Waals surface area contributed by atoms with Gasteiger partial charge in [-0.2, -0.15) is 4.31 Å². The van der Waals surface area contributed by atoms with E-state index in [1.54, 1.807) is 22.5 Å². The number of benzene rings is 2. The molecule has 7 heteroatoms. The number of likely N-dealkylation sites (tertiary alicyclic amines) is 1. The predicted molar refractivity (Wildman–Crippen MR) is 130 cm³/mol. The Morgan fingerprint density at radius 3 is 2.31 bits per heavy atom. The summed E-state index contributed by atoms with van der Waals surface area (Å²) in [4.78, 5) is 16.1. The van der Waals surface area contributed by atoms with E-state index in [4.69, 9.17) is 0 Å². The van der Waals surface area contributed by atoms with E-state index < -0.39 is 10.0 Å². The Kier molecular flexibility index (Phi) is 7.59. The van der Waals surface area contributed by atoms with E-state index >= 15 is 0 Å². The molecule has 2 aromatic rings. The quantitative estimate of drug-likeness (QED) is 0.573. The minimum Gasteiger partial charge on any atom is -0.339 e. The molecule has 0 radical (unpaired) electrons. The van der Waals surface area contributed by atoms with Crippen molar-refractivity contribution in [3.63, 3.8) is 0 Å². The molecule has 0 N–H and O–H groups in total. The van der Waals surface area contributed by atoms with Gasteiger partial charge in [0.2, 0.25) is 10.0 Å². The molecule has 32 heavy (non-hydrogen) atoms. The van der Waals surface area contributed by atoms with Gasteiger partial charge >= 0.3 is 0 Å². The van der Waals surface area contributed by atoms with Gasteiger partial charge in [-0.15, -0.1) is 11.8 Å². The summed E-state index contributed by atoms with van der Waals surface area (Å²) in [5.41, 5.74) is 1.82. The van der Waals surface area contributed by atoms with Crippen LogP contribution in [0.4, 0.5) is 0 Å². The van der Waals surface area contributed by atoms with Crippen LogP contribution in [-0.4, -0.2) is 56.0 Å². The van der Waals surface area contributed by atoms with Gasteiger partial charge in [-0.25, -0.2) is 8.42 Å². The van der Waals surface area contributed by atoms with Gasteiger partial charge in [0.15, 0.2) is 0 Å². The zero-order valence-corrected chi connectivity index (χ0v) is 20.3. The summed E-state index contributed by atoms with van der Waals surface area (Å²) < 4.78 is 28.4. The zero-order chi connectivity index (χ0) is 22.6. The highest BCUT2D eigenvalue weighted by molar-refractivity contribution is 7.98. The third kappa shape index (κ3) is 5.21. The van der Waals surface area contributed by atoms with Crippen LogP contribution >= 0.6 is 11.8 Å². The van der Waals surface area contributed by atoms with Crippen molar-refractivity contribution >= 4 is 27.7 Å². The molecular weight excluding hydrogens is 440 g/mol. The van der Waals surface area contributed by atoms with E-state index in [1.165, 1.54) is 17.3 Å². The summed E-state index contributed by atoms with van der Waals surface area (Å²) in [6.45, 7) is 2.55. The fourth-order valence-electron chi connectivity index (χ4n) is 4.73. The Labute approximate surface area is 196 Å². The Morgan fingerprint density at radius 2 is 1.66 bits per heavy atom. The summed E-state index contributed by atoms with van der Waals surface area (Å²) >= 11 is 1.49. The summed E-state index contributed by atoms with van der Waals surface area (Å²) in [5.74, 6) is 0.451. The number of carbonyl (C=O) groups is 1. The standard InChI is InChI=1S/C25H32N2O3S2/c1-31-24-11-10-22(19-23(24)25(28)26-14-6-3-7-15-26)32(29,30)27-16-12-21(13-17-27)18-20-8-4-2-5-9-20/h2,4-5,8-11,19,21H,3,6-7,12-18H2,1H3. The van der Waals surface area contributed by atoms with Gasteiger partial charge in [-0.1, -0.05) is 30.3 Å². The molecule has 2 aliphatic rings. The zero-order valence-electron chi connectivity index (χ0n) is 18.7. The second-order valence-electron chi connectivity index (χ2n) is 8.75. The van der Waals surface area contributed by atoms with Gasteiger partial charge < -0.3 is 4.90 Å². The molecule has 2 saturated heterocycles. The minimum absolute atomic E-state index is 0.0485. The smallest absolute Gasteiger partial charge is 0.255 e. The maximum absolute atomic E-state index is 13.4. The average molecular weight is 473 g/mol. The van der Waals surface area contributed by atoms with Crippen LogP contribution in [0.5, 0.6) is 0 Å². The summed E-state index contributed by atoms with van der Waals surface area (Å²) in [7, 11) is -3.62. The molecule has 2 heterocycles. The van der Waals surface area contributed by atoms with Crippen molar-refractivity contribution in [2.24, 2.45) is 5.92 Å². The van der Waals surface area contributed by atoms with Gasteiger partial charge in [0.25, 0.3) is 5.91 Å². The third-order valence-corrected chi connectivity index (χ3v) is 9.31. The molecule has 2 fully saturated rings. The highest BCUT2D eigenvalue weighted by Crippen LogP contribution is 2.30. The molecule has 0 atom stereocenters. The lowest BCUT2D eigenvalue weighted by Crippen LogP contribution is -2.39. The molecule has 2 aliphatic heterocycles. The highest BCUT2D eigenvalue weighted by Gasteiger charge is 2.31. The van der Waals surface area contributed by atoms with Crippen LogP contribution in [-0.2, 0) is 16.4 Å². The fourth-order valence-corrected chi connectivity index (χ4v) is 6.80. The van der Waals surface area contributed by atoms with Crippen LogP contribution in [0.2, 0.25) is 0 Å². The van der Waals surface area contributed by atoms with Crippen LogP contribution in [0.1, 0.15) is 48.0 Å². The summed E-state index contributed by atoms with van der Waals surface area (Å²) in [5, 5.41) is 0.